The van der Waals surface area contributed by atoms with Crippen LogP contribution in [-0.2, 0) is 21.2 Å². The van der Waals surface area contributed by atoms with Crippen LogP contribution in [0, 0.1) is 5.82 Å². The third-order valence-electron chi connectivity index (χ3n) is 3.23. The molecule has 1 atom stereocenters. The van der Waals surface area contributed by atoms with Gasteiger partial charge in [0.25, 0.3) is 15.2 Å². The van der Waals surface area contributed by atoms with E-state index in [4.69, 9.17) is 17.0 Å². The Balaban J connectivity index is 1.97. The minimum atomic E-state index is -3.72. The Morgan fingerprint density at radius 3 is 2.96 bits per heavy atom. The zero-order valence-electron chi connectivity index (χ0n) is 12.0. The van der Waals surface area contributed by atoms with E-state index in [9.17, 15) is 12.8 Å². The van der Waals surface area contributed by atoms with E-state index in [1.165, 1.54) is 6.07 Å². The van der Waals surface area contributed by atoms with Crippen molar-refractivity contribution >= 4 is 50.1 Å². The van der Waals surface area contributed by atoms with Crippen LogP contribution in [0.4, 0.5) is 15.8 Å². The minimum Gasteiger partial charge on any atom is -0.467 e. The largest absolute Gasteiger partial charge is 0.467 e. The smallest absolute Gasteiger partial charge is 0.271 e. The molecular weight excluding hydrogens is 359 g/mol. The first-order valence-corrected chi connectivity index (χ1v) is 9.48. The van der Waals surface area contributed by atoms with Gasteiger partial charge < -0.3 is 10.1 Å². The molecule has 2 N–H and O–H groups in total. The van der Waals surface area contributed by atoms with Crippen LogP contribution in [-0.4, -0.2) is 19.7 Å². The second kappa shape index (κ2) is 6.06. The Bertz CT molecular complexity index is 850. The van der Waals surface area contributed by atoms with Crippen molar-refractivity contribution in [3.63, 3.8) is 0 Å². The first-order chi connectivity index (χ1) is 10.8. The summed E-state index contributed by atoms with van der Waals surface area (Å²) in [6.45, 7) is 1.81. The van der Waals surface area contributed by atoms with Gasteiger partial charge in [0.1, 0.15) is 16.1 Å². The van der Waals surface area contributed by atoms with Crippen LogP contribution in [0.5, 0.6) is 0 Å². The van der Waals surface area contributed by atoms with E-state index in [1.54, 1.807) is 17.5 Å². The van der Waals surface area contributed by atoms with E-state index in [-0.39, 0.29) is 26.9 Å². The highest BCUT2D eigenvalue weighted by molar-refractivity contribution is 7.94. The maximum atomic E-state index is 14.3. The molecule has 1 aromatic carbocycles. The molecule has 23 heavy (non-hydrogen) atoms. The maximum absolute atomic E-state index is 14.3. The lowest BCUT2D eigenvalue weighted by Gasteiger charge is -2.12. The Morgan fingerprint density at radius 1 is 1.48 bits per heavy atom. The van der Waals surface area contributed by atoms with Crippen LogP contribution >= 0.6 is 23.6 Å². The van der Waals surface area contributed by atoms with Gasteiger partial charge in [-0.2, -0.15) is 0 Å². The van der Waals surface area contributed by atoms with E-state index in [2.05, 4.69) is 10.0 Å². The minimum absolute atomic E-state index is 0.0991. The topological polar surface area (TPSA) is 67.4 Å². The molecule has 2 heterocycles. The summed E-state index contributed by atoms with van der Waals surface area (Å²) < 4.78 is 46.7. The summed E-state index contributed by atoms with van der Waals surface area (Å²) in [4.78, 5) is 0. The molecule has 1 aliphatic heterocycles. The Morgan fingerprint density at radius 2 is 2.26 bits per heavy atom. The SMILES string of the molecule is CC1Cc2cc(NS(=O)(=O)c3cccs3)cc(F)c2NC(=S)O1. The quantitative estimate of drug-likeness (QED) is 0.809. The number of thiophene rings is 1. The molecular formula is C14H13FN2O3S3. The molecule has 1 aliphatic rings. The molecule has 122 valence electrons. The number of halogens is 1. The molecule has 9 heteroatoms. The molecule has 1 unspecified atom stereocenters. The summed E-state index contributed by atoms with van der Waals surface area (Å²) in [7, 11) is -3.72. The Labute approximate surface area is 142 Å². The fourth-order valence-electron chi connectivity index (χ4n) is 2.31. The van der Waals surface area contributed by atoms with Gasteiger partial charge in [-0.25, -0.2) is 12.8 Å². The summed E-state index contributed by atoms with van der Waals surface area (Å²) in [5.74, 6) is -0.591. The maximum Gasteiger partial charge on any atom is 0.271 e. The summed E-state index contributed by atoms with van der Waals surface area (Å²) in [6.07, 6.45) is 0.174. The fourth-order valence-corrected chi connectivity index (χ4v) is 4.61. The molecule has 2 aromatic rings. The molecule has 0 saturated carbocycles. The highest BCUT2D eigenvalue weighted by Crippen LogP contribution is 2.30. The predicted molar refractivity (Wildman–Crippen MR) is 92.0 cm³/mol. The average Bonchev–Trinajstić information content (AvgIpc) is 2.92. The molecule has 0 fully saturated rings. The van der Waals surface area contributed by atoms with Crippen LogP contribution in [0.1, 0.15) is 12.5 Å². The van der Waals surface area contributed by atoms with E-state index in [1.807, 2.05) is 6.92 Å². The number of nitrogens with one attached hydrogen (secondary N) is 2. The van der Waals surface area contributed by atoms with Gasteiger partial charge >= 0.3 is 0 Å². The van der Waals surface area contributed by atoms with Crippen molar-refractivity contribution in [2.45, 2.75) is 23.7 Å². The summed E-state index contributed by atoms with van der Waals surface area (Å²) in [5, 5.41) is 4.46. The van der Waals surface area contributed by atoms with Crippen LogP contribution in [0.15, 0.2) is 33.9 Å². The third kappa shape index (κ3) is 3.46. The number of anilines is 2. The van der Waals surface area contributed by atoms with Crippen molar-refractivity contribution in [1.29, 1.82) is 0 Å². The van der Waals surface area contributed by atoms with Crippen LogP contribution in [0.3, 0.4) is 0 Å². The third-order valence-corrected chi connectivity index (χ3v) is 6.20. The molecule has 5 nitrogen and oxygen atoms in total. The predicted octanol–water partition coefficient (Wildman–Crippen LogP) is 3.35. The van der Waals surface area contributed by atoms with E-state index in [0.29, 0.717) is 12.0 Å². The van der Waals surface area contributed by atoms with Gasteiger partial charge in [-0.3, -0.25) is 4.72 Å². The van der Waals surface area contributed by atoms with Crippen molar-refractivity contribution in [3.8, 4) is 0 Å². The molecule has 0 amide bonds. The molecule has 0 bridgehead atoms. The second-order valence-corrected chi connectivity index (χ2v) is 8.30. The van der Waals surface area contributed by atoms with Crippen molar-refractivity contribution in [2.75, 3.05) is 10.0 Å². The summed E-state index contributed by atoms with van der Waals surface area (Å²) in [6, 6.07) is 5.84. The van der Waals surface area contributed by atoms with Crippen molar-refractivity contribution in [3.05, 3.63) is 41.0 Å². The van der Waals surface area contributed by atoms with E-state index in [0.717, 1.165) is 17.4 Å². The van der Waals surface area contributed by atoms with Crippen molar-refractivity contribution in [2.24, 2.45) is 0 Å². The zero-order chi connectivity index (χ0) is 16.6. The lowest BCUT2D eigenvalue weighted by molar-refractivity contribution is 0.217. The van der Waals surface area contributed by atoms with Gasteiger partial charge in [0.15, 0.2) is 0 Å². The monoisotopic (exact) mass is 372 g/mol. The number of fused-ring (bicyclic) bond motifs is 1. The van der Waals surface area contributed by atoms with Gasteiger partial charge in [-0.05, 0) is 42.2 Å². The molecule has 0 radical (unpaired) electrons. The normalized spacial score (nSPS) is 17.7. The van der Waals surface area contributed by atoms with E-state index < -0.39 is 15.8 Å². The average molecular weight is 372 g/mol. The number of sulfonamides is 1. The highest BCUT2D eigenvalue weighted by atomic mass is 32.2. The summed E-state index contributed by atoms with van der Waals surface area (Å²) in [5.41, 5.74) is 0.983. The number of benzene rings is 1. The Hall–Kier alpha value is -1.71. The molecule has 1 aromatic heterocycles. The van der Waals surface area contributed by atoms with Gasteiger partial charge in [0.2, 0.25) is 0 Å². The first-order valence-electron chi connectivity index (χ1n) is 6.71. The molecule has 0 aliphatic carbocycles. The van der Waals surface area contributed by atoms with E-state index >= 15 is 0 Å². The standard InChI is InChI=1S/C14H13FN2O3S3/c1-8-5-9-6-10(7-11(15)13(9)16-14(21)20-8)17-23(18,19)12-3-2-4-22-12/h2-4,6-8,17H,5H2,1H3,(H,16,21). The van der Waals surface area contributed by atoms with Gasteiger partial charge in [0.05, 0.1) is 11.4 Å². The number of hydrogen-bond donors (Lipinski definition) is 2. The van der Waals surface area contributed by atoms with Crippen LogP contribution < -0.4 is 10.0 Å². The number of thiocarbonyl (C=S) groups is 1. The number of ether oxygens (including phenoxy) is 1. The zero-order valence-corrected chi connectivity index (χ0v) is 14.4. The molecule has 0 saturated heterocycles. The molecule has 3 rings (SSSR count). The number of rotatable bonds is 3. The summed E-state index contributed by atoms with van der Waals surface area (Å²) >= 11 is 6.06. The lowest BCUT2D eigenvalue weighted by atomic mass is 10.1. The Kier molecular flexibility index (Phi) is 4.26. The van der Waals surface area contributed by atoms with Crippen LogP contribution in [0.2, 0.25) is 0 Å². The first kappa shape index (κ1) is 16.2. The van der Waals surface area contributed by atoms with Crippen molar-refractivity contribution < 1.29 is 17.5 Å². The van der Waals surface area contributed by atoms with Crippen molar-refractivity contribution in [1.82, 2.24) is 0 Å². The number of hydrogen-bond acceptors (Lipinski definition) is 5. The van der Waals surface area contributed by atoms with Crippen LogP contribution in [0.25, 0.3) is 0 Å². The van der Waals surface area contributed by atoms with Gasteiger partial charge in [0, 0.05) is 12.5 Å². The fraction of sp³-hybridized carbons (Fsp3) is 0.214. The second-order valence-electron chi connectivity index (χ2n) is 5.07. The lowest BCUT2D eigenvalue weighted by Crippen LogP contribution is -2.17. The van der Waals surface area contributed by atoms with Gasteiger partial charge in [-0.1, -0.05) is 6.07 Å². The highest BCUT2D eigenvalue weighted by Gasteiger charge is 2.22. The van der Waals surface area contributed by atoms with Gasteiger partial charge in [-0.15, -0.1) is 11.3 Å². The molecule has 0 spiro atoms.